The number of carbonyl (C=O) groups is 1. The zero-order chi connectivity index (χ0) is 21.9. The van der Waals surface area contributed by atoms with Crippen LogP contribution in [0.2, 0.25) is 0 Å². The molecule has 2 aromatic heterocycles. The molecule has 1 unspecified atom stereocenters. The minimum atomic E-state index is -1.17. The number of nitrogens with zero attached hydrogens (tertiary/aromatic N) is 4. The molecule has 0 fully saturated rings. The van der Waals surface area contributed by atoms with Crippen LogP contribution in [0.4, 0.5) is 5.69 Å². The van der Waals surface area contributed by atoms with E-state index in [2.05, 4.69) is 14.9 Å². The number of anilines is 1. The number of ketones is 1. The Labute approximate surface area is 186 Å². The van der Waals surface area contributed by atoms with Crippen molar-refractivity contribution >= 4 is 11.5 Å². The van der Waals surface area contributed by atoms with E-state index in [9.17, 15) is 9.90 Å². The van der Waals surface area contributed by atoms with Gasteiger partial charge in [-0.2, -0.15) is 0 Å². The quantitative estimate of drug-likeness (QED) is 0.490. The summed E-state index contributed by atoms with van der Waals surface area (Å²) in [6, 6.07) is 22.1. The van der Waals surface area contributed by atoms with E-state index in [-0.39, 0.29) is 5.78 Å². The molecule has 3 heterocycles. The number of aliphatic hydroxyl groups is 1. The second-order valence-electron chi connectivity index (χ2n) is 7.78. The van der Waals surface area contributed by atoms with Crippen LogP contribution in [0, 0.1) is 0 Å². The average molecular weight is 422 g/mol. The lowest BCUT2D eigenvalue weighted by atomic mass is 9.99. The highest BCUT2D eigenvalue weighted by Crippen LogP contribution is 2.27. The maximum atomic E-state index is 12.5. The van der Waals surface area contributed by atoms with Crippen molar-refractivity contribution in [3.05, 3.63) is 108 Å². The van der Waals surface area contributed by atoms with Crippen LogP contribution in [-0.2, 0) is 13.0 Å². The molecule has 0 bridgehead atoms. The SMILES string of the molecule is O=C(c1ccccc1)C(O)c1ccc(N2CCc3nc(-c4ccccn4)ncc3C2)cc1. The number of benzene rings is 2. The molecule has 1 N–H and O–H groups in total. The maximum absolute atomic E-state index is 12.5. The number of carbonyl (C=O) groups excluding carboxylic acids is 1. The van der Waals surface area contributed by atoms with E-state index < -0.39 is 6.10 Å². The van der Waals surface area contributed by atoms with Gasteiger partial charge in [0.25, 0.3) is 0 Å². The monoisotopic (exact) mass is 422 g/mol. The lowest BCUT2D eigenvalue weighted by Crippen LogP contribution is -2.31. The molecule has 158 valence electrons. The number of hydrogen-bond acceptors (Lipinski definition) is 6. The highest BCUT2D eigenvalue weighted by atomic mass is 16.3. The fourth-order valence-electron chi connectivity index (χ4n) is 3.93. The smallest absolute Gasteiger partial charge is 0.195 e. The Balaban J connectivity index is 1.30. The minimum Gasteiger partial charge on any atom is -0.380 e. The highest BCUT2D eigenvalue weighted by Gasteiger charge is 2.22. The molecule has 0 spiro atoms. The van der Waals surface area contributed by atoms with Gasteiger partial charge in [0, 0.05) is 48.7 Å². The molecule has 1 atom stereocenters. The summed E-state index contributed by atoms with van der Waals surface area (Å²) in [4.78, 5) is 28.3. The second-order valence-corrected chi connectivity index (χ2v) is 7.78. The predicted octanol–water partition coefficient (Wildman–Crippen LogP) is 4.02. The van der Waals surface area contributed by atoms with Crippen molar-refractivity contribution in [2.45, 2.75) is 19.1 Å². The topological polar surface area (TPSA) is 79.2 Å². The third-order valence-corrected chi connectivity index (χ3v) is 5.71. The molecular weight excluding hydrogens is 400 g/mol. The zero-order valence-electron chi connectivity index (χ0n) is 17.4. The van der Waals surface area contributed by atoms with Crippen molar-refractivity contribution < 1.29 is 9.90 Å². The molecule has 0 saturated carbocycles. The van der Waals surface area contributed by atoms with E-state index in [1.54, 1.807) is 30.5 Å². The molecule has 1 aliphatic heterocycles. The summed E-state index contributed by atoms with van der Waals surface area (Å²) < 4.78 is 0. The van der Waals surface area contributed by atoms with Crippen LogP contribution in [0.1, 0.15) is 33.3 Å². The predicted molar refractivity (Wildman–Crippen MR) is 122 cm³/mol. The fraction of sp³-hybridized carbons (Fsp3) is 0.154. The number of fused-ring (bicyclic) bond motifs is 1. The van der Waals surface area contributed by atoms with Gasteiger partial charge < -0.3 is 10.0 Å². The van der Waals surface area contributed by atoms with E-state index in [4.69, 9.17) is 4.98 Å². The molecule has 6 heteroatoms. The van der Waals surface area contributed by atoms with Gasteiger partial charge >= 0.3 is 0 Å². The number of rotatable bonds is 5. The normalized spacial score (nSPS) is 14.0. The van der Waals surface area contributed by atoms with Gasteiger partial charge in [0.1, 0.15) is 11.8 Å². The van der Waals surface area contributed by atoms with Crippen molar-refractivity contribution in [2.24, 2.45) is 0 Å². The molecule has 32 heavy (non-hydrogen) atoms. The summed E-state index contributed by atoms with van der Waals surface area (Å²) in [7, 11) is 0. The van der Waals surface area contributed by atoms with Crippen molar-refractivity contribution in [3.63, 3.8) is 0 Å². The van der Waals surface area contributed by atoms with Crippen LogP contribution in [0.3, 0.4) is 0 Å². The van der Waals surface area contributed by atoms with Gasteiger partial charge in [0.2, 0.25) is 0 Å². The van der Waals surface area contributed by atoms with Gasteiger partial charge in [0.05, 0.1) is 5.69 Å². The number of pyridine rings is 1. The van der Waals surface area contributed by atoms with E-state index >= 15 is 0 Å². The van der Waals surface area contributed by atoms with E-state index in [1.807, 2.05) is 54.7 Å². The first kappa shape index (κ1) is 20.0. The molecule has 2 aromatic carbocycles. The van der Waals surface area contributed by atoms with Crippen LogP contribution in [0.5, 0.6) is 0 Å². The lowest BCUT2D eigenvalue weighted by Gasteiger charge is -2.30. The fourth-order valence-corrected chi connectivity index (χ4v) is 3.93. The standard InChI is InChI=1S/C26H22N4O2/c31-24(18-6-2-1-3-7-18)25(32)19-9-11-21(12-10-19)30-15-13-22-20(17-30)16-28-26(29-22)23-8-4-5-14-27-23/h1-12,14,16,25,32H,13,15,17H2. The van der Waals surface area contributed by atoms with E-state index in [1.165, 1.54) is 0 Å². The first-order valence-electron chi connectivity index (χ1n) is 10.6. The summed E-state index contributed by atoms with van der Waals surface area (Å²) in [6.45, 7) is 1.54. The van der Waals surface area contributed by atoms with Gasteiger partial charge in [-0.15, -0.1) is 0 Å². The lowest BCUT2D eigenvalue weighted by molar-refractivity contribution is 0.0747. The average Bonchev–Trinajstić information content (AvgIpc) is 2.88. The Morgan fingerprint density at radius 1 is 0.938 bits per heavy atom. The van der Waals surface area contributed by atoms with Gasteiger partial charge in [-0.05, 0) is 29.8 Å². The summed E-state index contributed by atoms with van der Waals surface area (Å²) in [5.74, 6) is 0.352. The van der Waals surface area contributed by atoms with Gasteiger partial charge in [0.15, 0.2) is 11.6 Å². The van der Waals surface area contributed by atoms with Gasteiger partial charge in [-0.25, -0.2) is 9.97 Å². The number of aromatic nitrogens is 3. The number of Topliss-reactive ketones (excluding diaryl/α,β-unsaturated/α-hetero) is 1. The summed E-state index contributed by atoms with van der Waals surface area (Å²) in [5.41, 5.74) is 5.05. The van der Waals surface area contributed by atoms with Gasteiger partial charge in [-0.3, -0.25) is 9.78 Å². The molecular formula is C26H22N4O2. The van der Waals surface area contributed by atoms with Gasteiger partial charge in [-0.1, -0.05) is 48.5 Å². The summed E-state index contributed by atoms with van der Waals surface area (Å²) in [5, 5.41) is 10.5. The summed E-state index contributed by atoms with van der Waals surface area (Å²) in [6.07, 6.45) is 3.27. The van der Waals surface area contributed by atoms with E-state index in [0.29, 0.717) is 23.5 Å². The van der Waals surface area contributed by atoms with Crippen LogP contribution in [-0.4, -0.2) is 32.4 Å². The highest BCUT2D eigenvalue weighted by molar-refractivity contribution is 5.99. The maximum Gasteiger partial charge on any atom is 0.195 e. The Morgan fingerprint density at radius 2 is 1.72 bits per heavy atom. The third-order valence-electron chi connectivity index (χ3n) is 5.71. The molecule has 0 amide bonds. The molecule has 0 aliphatic carbocycles. The van der Waals surface area contributed by atoms with Crippen molar-refractivity contribution in [1.29, 1.82) is 0 Å². The largest absolute Gasteiger partial charge is 0.380 e. The molecule has 5 rings (SSSR count). The Morgan fingerprint density at radius 3 is 2.47 bits per heavy atom. The van der Waals surface area contributed by atoms with Crippen molar-refractivity contribution in [2.75, 3.05) is 11.4 Å². The molecule has 0 radical (unpaired) electrons. The summed E-state index contributed by atoms with van der Waals surface area (Å²) >= 11 is 0. The van der Waals surface area contributed by atoms with Crippen LogP contribution in [0.15, 0.2) is 85.2 Å². The van der Waals surface area contributed by atoms with Crippen molar-refractivity contribution in [3.8, 4) is 11.5 Å². The molecule has 6 nitrogen and oxygen atoms in total. The molecule has 0 saturated heterocycles. The number of aliphatic hydroxyl groups excluding tert-OH is 1. The first-order chi connectivity index (χ1) is 15.7. The zero-order valence-corrected chi connectivity index (χ0v) is 17.4. The van der Waals surface area contributed by atoms with E-state index in [0.717, 1.165) is 35.6 Å². The minimum absolute atomic E-state index is 0.300. The van der Waals surface area contributed by atoms with Crippen LogP contribution >= 0.6 is 0 Å². The Bertz CT molecular complexity index is 1230. The Hall–Kier alpha value is -3.90. The third kappa shape index (κ3) is 4.00. The van der Waals surface area contributed by atoms with Crippen LogP contribution in [0.25, 0.3) is 11.5 Å². The second kappa shape index (κ2) is 8.69. The first-order valence-corrected chi connectivity index (χ1v) is 10.6. The Kier molecular flexibility index (Phi) is 5.44. The molecule has 1 aliphatic rings. The van der Waals surface area contributed by atoms with Crippen LogP contribution < -0.4 is 4.90 Å². The molecule has 4 aromatic rings. The van der Waals surface area contributed by atoms with Crippen molar-refractivity contribution in [1.82, 2.24) is 15.0 Å². The number of hydrogen-bond donors (Lipinski definition) is 1.